The molecule has 0 aliphatic heterocycles. The van der Waals surface area contributed by atoms with Crippen molar-refractivity contribution >= 4 is 27.7 Å². The first-order valence-corrected chi connectivity index (χ1v) is 8.73. The number of hydrogen-bond donors (Lipinski definition) is 1. The first kappa shape index (κ1) is 17.0. The summed E-state index contributed by atoms with van der Waals surface area (Å²) in [5, 5.41) is 3.58. The number of hydrogen-bond acceptors (Lipinski definition) is 2. The lowest BCUT2D eigenvalue weighted by Crippen LogP contribution is -2.37. The van der Waals surface area contributed by atoms with Gasteiger partial charge in [-0.15, -0.1) is 0 Å². The van der Waals surface area contributed by atoms with Crippen molar-refractivity contribution in [1.82, 2.24) is 5.32 Å². The van der Waals surface area contributed by atoms with Crippen LogP contribution in [0.3, 0.4) is 0 Å². The molecule has 19 heavy (non-hydrogen) atoms. The maximum absolute atomic E-state index is 13.2. The van der Waals surface area contributed by atoms with Crippen molar-refractivity contribution in [3.8, 4) is 0 Å². The zero-order valence-corrected chi connectivity index (χ0v) is 14.5. The predicted octanol–water partition coefficient (Wildman–Crippen LogP) is 5.16. The fourth-order valence-electron chi connectivity index (χ4n) is 2.10. The third-order valence-electron chi connectivity index (χ3n) is 3.90. The maximum Gasteiger partial charge on any atom is 0.137 e. The summed E-state index contributed by atoms with van der Waals surface area (Å²) >= 11 is 5.17. The van der Waals surface area contributed by atoms with Crippen LogP contribution in [0.1, 0.15) is 45.2 Å². The quantitative estimate of drug-likeness (QED) is 0.730. The lowest BCUT2D eigenvalue weighted by Gasteiger charge is -2.31. The highest BCUT2D eigenvalue weighted by Crippen LogP contribution is 2.30. The van der Waals surface area contributed by atoms with E-state index in [-0.39, 0.29) is 11.9 Å². The topological polar surface area (TPSA) is 12.0 Å². The van der Waals surface area contributed by atoms with E-state index in [0.717, 1.165) is 24.9 Å². The van der Waals surface area contributed by atoms with Gasteiger partial charge in [-0.05, 0) is 59.6 Å². The van der Waals surface area contributed by atoms with Gasteiger partial charge < -0.3 is 5.32 Å². The molecular formula is C15H23BrFNS. The highest BCUT2D eigenvalue weighted by molar-refractivity contribution is 9.10. The van der Waals surface area contributed by atoms with Crippen LogP contribution in [-0.2, 0) is 0 Å². The van der Waals surface area contributed by atoms with Gasteiger partial charge in [-0.25, -0.2) is 4.39 Å². The van der Waals surface area contributed by atoms with E-state index in [1.807, 2.05) is 23.9 Å². The van der Waals surface area contributed by atoms with Crippen molar-refractivity contribution in [1.29, 1.82) is 0 Å². The van der Waals surface area contributed by atoms with Gasteiger partial charge in [-0.3, -0.25) is 0 Å². The van der Waals surface area contributed by atoms with Gasteiger partial charge in [-0.1, -0.05) is 19.9 Å². The fraction of sp³-hybridized carbons (Fsp3) is 0.600. The Labute approximate surface area is 128 Å². The number of halogens is 2. The molecule has 0 fully saturated rings. The lowest BCUT2D eigenvalue weighted by atomic mass is 10.0. The van der Waals surface area contributed by atoms with Crippen LogP contribution in [0.5, 0.6) is 0 Å². The Morgan fingerprint density at radius 1 is 1.37 bits per heavy atom. The summed E-state index contributed by atoms with van der Waals surface area (Å²) in [6.45, 7) is 7.56. The van der Waals surface area contributed by atoms with E-state index in [0.29, 0.717) is 9.22 Å². The molecule has 0 aliphatic rings. The first-order chi connectivity index (χ1) is 8.98. The maximum atomic E-state index is 13.2. The monoisotopic (exact) mass is 347 g/mol. The predicted molar refractivity (Wildman–Crippen MR) is 87.3 cm³/mol. The van der Waals surface area contributed by atoms with E-state index in [2.05, 4.69) is 48.3 Å². The van der Waals surface area contributed by atoms with Gasteiger partial charge in [0.15, 0.2) is 0 Å². The number of thioether (sulfide) groups is 1. The van der Waals surface area contributed by atoms with Crippen molar-refractivity contribution in [3.63, 3.8) is 0 Å². The van der Waals surface area contributed by atoms with Crippen molar-refractivity contribution in [2.45, 2.75) is 44.4 Å². The van der Waals surface area contributed by atoms with E-state index in [1.165, 1.54) is 6.07 Å². The molecule has 1 aromatic carbocycles. The average molecular weight is 348 g/mol. The van der Waals surface area contributed by atoms with Gasteiger partial charge in [0, 0.05) is 17.3 Å². The second-order valence-corrected chi connectivity index (χ2v) is 7.00. The number of nitrogens with one attached hydrogen (secondary N) is 1. The molecule has 1 nitrogen and oxygen atoms in total. The van der Waals surface area contributed by atoms with E-state index in [1.54, 1.807) is 0 Å². The van der Waals surface area contributed by atoms with Crippen LogP contribution in [0.15, 0.2) is 22.7 Å². The molecule has 0 aromatic heterocycles. The molecule has 0 bridgehead atoms. The number of rotatable bonds is 7. The van der Waals surface area contributed by atoms with Crippen LogP contribution < -0.4 is 5.32 Å². The molecular weight excluding hydrogens is 325 g/mol. The second-order valence-electron chi connectivity index (χ2n) is 4.87. The largest absolute Gasteiger partial charge is 0.309 e. The second kappa shape index (κ2) is 7.65. The Bertz CT molecular complexity index is 399. The summed E-state index contributed by atoms with van der Waals surface area (Å²) in [7, 11) is 0. The molecule has 1 unspecified atom stereocenters. The summed E-state index contributed by atoms with van der Waals surface area (Å²) in [6.07, 6.45) is 4.48. The smallest absolute Gasteiger partial charge is 0.137 e. The molecule has 0 aliphatic carbocycles. The third-order valence-corrected chi connectivity index (χ3v) is 6.09. The van der Waals surface area contributed by atoms with Crippen molar-refractivity contribution in [2.24, 2.45) is 0 Å². The van der Waals surface area contributed by atoms with Gasteiger partial charge in [-0.2, -0.15) is 11.8 Å². The summed E-state index contributed by atoms with van der Waals surface area (Å²) in [5.74, 6) is -0.212. The van der Waals surface area contributed by atoms with E-state index in [4.69, 9.17) is 0 Å². The molecule has 1 atom stereocenters. The zero-order valence-electron chi connectivity index (χ0n) is 12.1. The molecule has 108 valence electrons. The first-order valence-electron chi connectivity index (χ1n) is 6.71. The minimum Gasteiger partial charge on any atom is -0.309 e. The molecule has 0 heterocycles. The Morgan fingerprint density at radius 2 is 2.00 bits per heavy atom. The highest BCUT2D eigenvalue weighted by atomic mass is 79.9. The summed E-state index contributed by atoms with van der Waals surface area (Å²) < 4.78 is 14.1. The molecule has 0 saturated carbocycles. The number of benzene rings is 1. The van der Waals surface area contributed by atoms with Crippen LogP contribution in [0, 0.1) is 5.82 Å². The van der Waals surface area contributed by atoms with Gasteiger partial charge in [0.25, 0.3) is 0 Å². The van der Waals surface area contributed by atoms with Gasteiger partial charge in [0.05, 0.1) is 4.47 Å². The SMILES string of the molecule is CCC(CC)(CNC(C)c1ccc(F)c(Br)c1)SC. The van der Waals surface area contributed by atoms with Gasteiger partial charge in [0.2, 0.25) is 0 Å². The summed E-state index contributed by atoms with van der Waals surface area (Å²) in [5.41, 5.74) is 1.11. The minimum absolute atomic E-state index is 0.212. The van der Waals surface area contributed by atoms with Gasteiger partial charge >= 0.3 is 0 Å². The molecule has 0 radical (unpaired) electrons. The molecule has 0 saturated heterocycles. The Balaban J connectivity index is 2.69. The van der Waals surface area contributed by atoms with E-state index in [9.17, 15) is 4.39 Å². The lowest BCUT2D eigenvalue weighted by molar-refractivity contribution is 0.459. The van der Waals surface area contributed by atoms with Crippen LogP contribution in [0.25, 0.3) is 0 Å². The molecule has 1 rings (SSSR count). The zero-order chi connectivity index (χ0) is 14.5. The normalized spacial score (nSPS) is 13.6. The summed E-state index contributed by atoms with van der Waals surface area (Å²) in [6, 6.07) is 5.43. The van der Waals surface area contributed by atoms with Crippen LogP contribution in [0.2, 0.25) is 0 Å². The van der Waals surface area contributed by atoms with Crippen molar-refractivity contribution in [3.05, 3.63) is 34.1 Å². The standard InChI is InChI=1S/C15H23BrFNS/c1-5-15(6-2,19-4)10-18-11(3)12-7-8-14(17)13(16)9-12/h7-9,11,18H,5-6,10H2,1-4H3. The third kappa shape index (κ3) is 4.47. The molecule has 4 heteroatoms. The van der Waals surface area contributed by atoms with Crippen LogP contribution in [-0.4, -0.2) is 17.5 Å². The Hall–Kier alpha value is -0.0600. The molecule has 1 aromatic rings. The van der Waals surface area contributed by atoms with Crippen molar-refractivity contribution in [2.75, 3.05) is 12.8 Å². The fourth-order valence-corrected chi connectivity index (χ4v) is 3.30. The minimum atomic E-state index is -0.212. The molecule has 0 spiro atoms. The average Bonchev–Trinajstić information content (AvgIpc) is 2.43. The molecule has 0 amide bonds. The highest BCUT2D eigenvalue weighted by Gasteiger charge is 2.25. The Morgan fingerprint density at radius 3 is 2.47 bits per heavy atom. The Kier molecular flexibility index (Phi) is 6.84. The van der Waals surface area contributed by atoms with E-state index >= 15 is 0 Å². The van der Waals surface area contributed by atoms with Crippen LogP contribution >= 0.6 is 27.7 Å². The summed E-state index contributed by atoms with van der Waals surface area (Å²) in [4.78, 5) is 0. The van der Waals surface area contributed by atoms with E-state index < -0.39 is 0 Å². The van der Waals surface area contributed by atoms with Gasteiger partial charge in [0.1, 0.15) is 5.82 Å². The van der Waals surface area contributed by atoms with Crippen molar-refractivity contribution < 1.29 is 4.39 Å². The van der Waals surface area contributed by atoms with Crippen LogP contribution in [0.4, 0.5) is 4.39 Å². The molecule has 1 N–H and O–H groups in total.